The molecule has 1 aromatic heterocycles. The second-order valence-electron chi connectivity index (χ2n) is 7.26. The van der Waals surface area contributed by atoms with Gasteiger partial charge in [0.1, 0.15) is 0 Å². The molecule has 0 saturated carbocycles. The molecule has 0 nitrogen and oxygen atoms in total. The van der Waals surface area contributed by atoms with Crippen LogP contribution in [0.15, 0.2) is 109 Å². The molecule has 150 valence electrons. The van der Waals surface area contributed by atoms with Crippen LogP contribution in [0.2, 0.25) is 10.0 Å². The molecule has 0 aliphatic rings. The Morgan fingerprint density at radius 2 is 0.742 bits per heavy atom. The monoisotopic (exact) mass is 456 g/mol. The zero-order chi connectivity index (χ0) is 21.2. The van der Waals surface area contributed by atoms with Crippen molar-refractivity contribution in [3.8, 4) is 43.1 Å². The summed E-state index contributed by atoms with van der Waals surface area (Å²) in [5.41, 5.74) is 7.19. The molecule has 4 aromatic carbocycles. The summed E-state index contributed by atoms with van der Waals surface area (Å²) < 4.78 is 0. The first kappa shape index (κ1) is 20.1. The van der Waals surface area contributed by atoms with E-state index < -0.39 is 0 Å². The van der Waals surface area contributed by atoms with Crippen molar-refractivity contribution in [1.82, 2.24) is 0 Å². The van der Waals surface area contributed by atoms with Gasteiger partial charge in [0, 0.05) is 30.9 Å². The van der Waals surface area contributed by atoms with E-state index in [2.05, 4.69) is 84.9 Å². The van der Waals surface area contributed by atoms with Crippen LogP contribution >= 0.6 is 34.5 Å². The Balaban J connectivity index is 1.87. The Kier molecular flexibility index (Phi) is 5.65. The first-order valence-corrected chi connectivity index (χ1v) is 11.6. The predicted octanol–water partition coefficient (Wildman–Crippen LogP) is 9.72. The van der Waals surface area contributed by atoms with Crippen molar-refractivity contribution >= 4 is 34.5 Å². The summed E-state index contributed by atoms with van der Waals surface area (Å²) in [4.78, 5) is 2.46. The number of halogens is 2. The molecule has 0 atom stereocenters. The summed E-state index contributed by atoms with van der Waals surface area (Å²) in [6.45, 7) is 0. The lowest BCUT2D eigenvalue weighted by atomic mass is 9.91. The second kappa shape index (κ2) is 8.72. The lowest BCUT2D eigenvalue weighted by Crippen LogP contribution is -1.85. The highest BCUT2D eigenvalue weighted by atomic mass is 35.5. The minimum Gasteiger partial charge on any atom is -0.134 e. The molecule has 1 heterocycles. The van der Waals surface area contributed by atoms with Crippen molar-refractivity contribution in [3.63, 3.8) is 0 Å². The summed E-state index contributed by atoms with van der Waals surface area (Å²) in [6, 6.07) is 37.4. The van der Waals surface area contributed by atoms with E-state index in [0.717, 1.165) is 21.2 Å². The molecule has 0 amide bonds. The van der Waals surface area contributed by atoms with Crippen molar-refractivity contribution in [1.29, 1.82) is 0 Å². The van der Waals surface area contributed by atoms with E-state index in [1.54, 1.807) is 0 Å². The molecule has 0 saturated heterocycles. The maximum atomic E-state index is 6.19. The van der Waals surface area contributed by atoms with Crippen molar-refractivity contribution in [2.75, 3.05) is 0 Å². The Bertz CT molecular complexity index is 1200. The van der Waals surface area contributed by atoms with Gasteiger partial charge in [-0.3, -0.25) is 0 Å². The fourth-order valence-electron chi connectivity index (χ4n) is 3.80. The summed E-state index contributed by atoms with van der Waals surface area (Å²) in [5.74, 6) is 0. The van der Waals surface area contributed by atoms with Gasteiger partial charge in [0.05, 0.1) is 0 Å². The zero-order valence-corrected chi connectivity index (χ0v) is 18.9. The Labute approximate surface area is 196 Å². The average molecular weight is 457 g/mol. The normalized spacial score (nSPS) is 10.9. The highest BCUT2D eigenvalue weighted by molar-refractivity contribution is 7.20. The molecule has 0 aliphatic heterocycles. The molecule has 3 heteroatoms. The molecule has 0 fully saturated rings. The van der Waals surface area contributed by atoms with Gasteiger partial charge in [0.15, 0.2) is 0 Å². The third kappa shape index (κ3) is 4.05. The van der Waals surface area contributed by atoms with E-state index in [9.17, 15) is 0 Å². The van der Waals surface area contributed by atoms with Crippen molar-refractivity contribution in [2.45, 2.75) is 0 Å². The van der Waals surface area contributed by atoms with E-state index in [4.69, 9.17) is 23.2 Å². The van der Waals surface area contributed by atoms with E-state index in [0.29, 0.717) is 0 Å². The summed E-state index contributed by atoms with van der Waals surface area (Å²) in [7, 11) is 0. The van der Waals surface area contributed by atoms with Crippen molar-refractivity contribution in [2.24, 2.45) is 0 Å². The molecule has 0 N–H and O–H groups in total. The lowest BCUT2D eigenvalue weighted by molar-refractivity contribution is 1.61. The number of benzene rings is 4. The third-order valence-electron chi connectivity index (χ3n) is 5.25. The number of rotatable bonds is 4. The van der Waals surface area contributed by atoms with Gasteiger partial charge >= 0.3 is 0 Å². The Morgan fingerprint density at radius 3 is 1.10 bits per heavy atom. The number of thiophene rings is 1. The van der Waals surface area contributed by atoms with E-state index >= 15 is 0 Å². The molecule has 0 unspecified atom stereocenters. The fourth-order valence-corrected chi connectivity index (χ4v) is 5.41. The lowest BCUT2D eigenvalue weighted by Gasteiger charge is -2.11. The van der Waals surface area contributed by atoms with Crippen LogP contribution in [0, 0.1) is 0 Å². The smallest absolute Gasteiger partial charge is 0.0434 e. The SMILES string of the molecule is Clc1ccc(-c2sc(-c3ccc(Cl)cc3)c(-c3ccccc3)c2-c2ccccc2)cc1. The van der Waals surface area contributed by atoms with Crippen LogP contribution in [-0.2, 0) is 0 Å². The highest BCUT2D eigenvalue weighted by Gasteiger charge is 2.22. The van der Waals surface area contributed by atoms with Crippen LogP contribution in [-0.4, -0.2) is 0 Å². The fraction of sp³-hybridized carbons (Fsp3) is 0. The maximum Gasteiger partial charge on any atom is 0.0434 e. The molecule has 0 radical (unpaired) electrons. The zero-order valence-electron chi connectivity index (χ0n) is 16.6. The molecule has 5 rings (SSSR count). The van der Waals surface area contributed by atoms with Gasteiger partial charge in [-0.05, 0) is 46.5 Å². The van der Waals surface area contributed by atoms with Crippen LogP contribution in [0.1, 0.15) is 0 Å². The minimum absolute atomic E-state index is 0.739. The largest absolute Gasteiger partial charge is 0.134 e. The molecule has 0 bridgehead atoms. The van der Waals surface area contributed by atoms with Crippen LogP contribution in [0.4, 0.5) is 0 Å². The van der Waals surface area contributed by atoms with Gasteiger partial charge in [0.2, 0.25) is 0 Å². The summed E-state index contributed by atoms with van der Waals surface area (Å²) in [6.07, 6.45) is 0. The standard InChI is InChI=1S/C28H18Cl2S/c29-23-15-11-21(12-16-23)27-25(19-7-3-1-4-8-19)26(20-9-5-2-6-10-20)28(31-27)22-13-17-24(30)18-14-22/h1-18H. The van der Waals surface area contributed by atoms with E-state index in [-0.39, 0.29) is 0 Å². The Hall–Kier alpha value is -2.84. The number of hydrogen-bond donors (Lipinski definition) is 0. The maximum absolute atomic E-state index is 6.19. The Morgan fingerprint density at radius 1 is 0.387 bits per heavy atom. The molecule has 5 aromatic rings. The van der Waals surface area contributed by atoms with Gasteiger partial charge < -0.3 is 0 Å². The topological polar surface area (TPSA) is 0 Å². The van der Waals surface area contributed by atoms with Gasteiger partial charge in [-0.2, -0.15) is 0 Å². The van der Waals surface area contributed by atoms with E-state index in [1.807, 2.05) is 35.6 Å². The van der Waals surface area contributed by atoms with Crippen LogP contribution in [0.3, 0.4) is 0 Å². The van der Waals surface area contributed by atoms with Gasteiger partial charge in [-0.25, -0.2) is 0 Å². The van der Waals surface area contributed by atoms with Crippen LogP contribution in [0.25, 0.3) is 43.1 Å². The predicted molar refractivity (Wildman–Crippen MR) is 136 cm³/mol. The van der Waals surface area contributed by atoms with E-state index in [1.165, 1.54) is 32.0 Å². The molecule has 0 spiro atoms. The summed E-state index contributed by atoms with van der Waals surface area (Å²) >= 11 is 14.2. The molecule has 0 aliphatic carbocycles. The molecular formula is C28H18Cl2S. The second-order valence-corrected chi connectivity index (χ2v) is 9.15. The molecular weight excluding hydrogens is 439 g/mol. The average Bonchev–Trinajstić information content (AvgIpc) is 3.22. The molecule has 31 heavy (non-hydrogen) atoms. The van der Waals surface area contributed by atoms with Gasteiger partial charge in [0.25, 0.3) is 0 Å². The first-order chi connectivity index (χ1) is 15.2. The minimum atomic E-state index is 0.739. The summed E-state index contributed by atoms with van der Waals surface area (Å²) in [5, 5.41) is 1.48. The highest BCUT2D eigenvalue weighted by Crippen LogP contribution is 2.52. The third-order valence-corrected chi connectivity index (χ3v) is 7.04. The van der Waals surface area contributed by atoms with Crippen LogP contribution < -0.4 is 0 Å². The van der Waals surface area contributed by atoms with Gasteiger partial charge in [-0.15, -0.1) is 11.3 Å². The van der Waals surface area contributed by atoms with Crippen molar-refractivity contribution < 1.29 is 0 Å². The quantitative estimate of drug-likeness (QED) is 0.252. The van der Waals surface area contributed by atoms with Crippen LogP contribution in [0.5, 0.6) is 0 Å². The number of hydrogen-bond acceptors (Lipinski definition) is 1. The first-order valence-electron chi connectivity index (χ1n) is 10.0. The van der Waals surface area contributed by atoms with Crippen molar-refractivity contribution in [3.05, 3.63) is 119 Å². The van der Waals surface area contributed by atoms with Gasteiger partial charge in [-0.1, -0.05) is 108 Å².